The molecule has 3 N–H and O–H groups in total. The van der Waals surface area contributed by atoms with E-state index in [1.807, 2.05) is 32.2 Å². The van der Waals surface area contributed by atoms with Gasteiger partial charge >= 0.3 is 0 Å². The minimum atomic E-state index is -0.278. The molecule has 0 aromatic heterocycles. The quantitative estimate of drug-likeness (QED) is 0.523. The third-order valence-electron chi connectivity index (χ3n) is 6.36. The van der Waals surface area contributed by atoms with Gasteiger partial charge in [0.15, 0.2) is 0 Å². The van der Waals surface area contributed by atoms with E-state index in [0.29, 0.717) is 50.7 Å². The molecule has 0 spiro atoms. The molecule has 1 aromatic carbocycles. The smallest absolute Gasteiger partial charge is 0.227 e. The zero-order valence-corrected chi connectivity index (χ0v) is 20.0. The SMILES string of the molecule is CNC[C@H]1Oc2ccc(NC(=O)CCN3CCOCC3)cc2CC(=O)N([C@@H](C)CO)C[C@@H]1C. The zero-order chi connectivity index (χ0) is 23.8. The highest BCUT2D eigenvalue weighted by molar-refractivity contribution is 5.91. The molecule has 0 unspecified atom stereocenters. The minimum absolute atomic E-state index is 0.0610. The van der Waals surface area contributed by atoms with Crippen molar-refractivity contribution < 1.29 is 24.2 Å². The third kappa shape index (κ3) is 7.14. The van der Waals surface area contributed by atoms with Crippen molar-refractivity contribution in [3.05, 3.63) is 23.8 Å². The second-order valence-electron chi connectivity index (χ2n) is 9.02. The molecule has 2 aliphatic heterocycles. The maximum absolute atomic E-state index is 13.1. The first-order chi connectivity index (χ1) is 15.9. The van der Waals surface area contributed by atoms with Crippen LogP contribution in [0.1, 0.15) is 25.8 Å². The summed E-state index contributed by atoms with van der Waals surface area (Å²) in [5.74, 6) is 0.601. The number of hydrogen-bond donors (Lipinski definition) is 3. The van der Waals surface area contributed by atoms with E-state index in [-0.39, 0.29) is 42.9 Å². The van der Waals surface area contributed by atoms with Crippen molar-refractivity contribution in [2.75, 3.05) is 64.9 Å². The number of carbonyl (C=O) groups is 2. The van der Waals surface area contributed by atoms with Crippen molar-refractivity contribution >= 4 is 17.5 Å². The number of aliphatic hydroxyl groups excluding tert-OH is 1. The van der Waals surface area contributed by atoms with Crippen LogP contribution < -0.4 is 15.4 Å². The molecule has 2 heterocycles. The second kappa shape index (κ2) is 12.3. The lowest BCUT2D eigenvalue weighted by molar-refractivity contribution is -0.134. The number of hydrogen-bond acceptors (Lipinski definition) is 7. The van der Waals surface area contributed by atoms with Crippen LogP contribution in [0.15, 0.2) is 18.2 Å². The molecule has 184 valence electrons. The standard InChI is InChI=1S/C24H38N4O5/c1-17-15-28(18(2)16-29)24(31)13-19-12-20(4-5-21(19)33-22(17)14-25-3)26-23(30)6-7-27-8-10-32-11-9-27/h4-5,12,17-18,22,25,29H,6-11,13-16H2,1-3H3,(H,26,30)/t17-,18-,22+/m0/s1. The topological polar surface area (TPSA) is 103 Å². The Bertz CT molecular complexity index is 799. The predicted octanol–water partition coefficient (Wildman–Crippen LogP) is 0.716. The summed E-state index contributed by atoms with van der Waals surface area (Å²) in [7, 11) is 1.87. The normalized spacial score (nSPS) is 23.0. The van der Waals surface area contributed by atoms with E-state index in [1.165, 1.54) is 0 Å². The van der Waals surface area contributed by atoms with E-state index >= 15 is 0 Å². The van der Waals surface area contributed by atoms with Gasteiger partial charge < -0.3 is 30.1 Å². The fourth-order valence-electron chi connectivity index (χ4n) is 4.26. The Morgan fingerprint density at radius 3 is 2.76 bits per heavy atom. The van der Waals surface area contributed by atoms with Crippen LogP contribution in [0.4, 0.5) is 5.69 Å². The largest absolute Gasteiger partial charge is 0.488 e. The van der Waals surface area contributed by atoms with Crippen LogP contribution in [0.5, 0.6) is 5.75 Å². The van der Waals surface area contributed by atoms with E-state index in [0.717, 1.165) is 18.7 Å². The highest BCUT2D eigenvalue weighted by atomic mass is 16.5. The van der Waals surface area contributed by atoms with Gasteiger partial charge in [0.25, 0.3) is 0 Å². The summed E-state index contributed by atoms with van der Waals surface area (Å²) in [6, 6.07) is 5.21. The number of nitrogens with one attached hydrogen (secondary N) is 2. The number of amides is 2. The first-order valence-electron chi connectivity index (χ1n) is 11.9. The molecule has 9 heteroatoms. The van der Waals surface area contributed by atoms with Gasteiger partial charge in [-0.15, -0.1) is 0 Å². The molecule has 2 aliphatic rings. The maximum atomic E-state index is 13.1. The molecule has 0 saturated carbocycles. The van der Waals surface area contributed by atoms with Gasteiger partial charge in [-0.2, -0.15) is 0 Å². The Morgan fingerprint density at radius 2 is 2.06 bits per heavy atom. The Morgan fingerprint density at radius 1 is 1.30 bits per heavy atom. The molecule has 3 rings (SSSR count). The summed E-state index contributed by atoms with van der Waals surface area (Å²) >= 11 is 0. The molecule has 1 fully saturated rings. The van der Waals surface area contributed by atoms with Gasteiger partial charge in [0.1, 0.15) is 11.9 Å². The molecule has 1 saturated heterocycles. The van der Waals surface area contributed by atoms with Crippen LogP contribution in [0, 0.1) is 5.92 Å². The lowest BCUT2D eigenvalue weighted by Gasteiger charge is -2.32. The van der Waals surface area contributed by atoms with Crippen molar-refractivity contribution in [1.29, 1.82) is 0 Å². The van der Waals surface area contributed by atoms with E-state index < -0.39 is 0 Å². The fourth-order valence-corrected chi connectivity index (χ4v) is 4.26. The molecule has 9 nitrogen and oxygen atoms in total. The lowest BCUT2D eigenvalue weighted by Crippen LogP contribution is -2.47. The van der Waals surface area contributed by atoms with Crippen LogP contribution in [-0.4, -0.2) is 98.5 Å². The van der Waals surface area contributed by atoms with Gasteiger partial charge in [0.2, 0.25) is 11.8 Å². The molecule has 33 heavy (non-hydrogen) atoms. The van der Waals surface area contributed by atoms with Crippen molar-refractivity contribution in [3.8, 4) is 5.75 Å². The molecular weight excluding hydrogens is 424 g/mol. The summed E-state index contributed by atoms with van der Waals surface area (Å²) in [6.07, 6.45) is 0.411. The fraction of sp³-hybridized carbons (Fsp3) is 0.667. The number of nitrogens with zero attached hydrogens (tertiary/aromatic N) is 2. The van der Waals surface area contributed by atoms with Gasteiger partial charge in [-0.25, -0.2) is 0 Å². The van der Waals surface area contributed by atoms with Crippen LogP contribution >= 0.6 is 0 Å². The van der Waals surface area contributed by atoms with Gasteiger partial charge in [-0.05, 0) is 32.2 Å². The van der Waals surface area contributed by atoms with E-state index in [4.69, 9.17) is 9.47 Å². The lowest BCUT2D eigenvalue weighted by atomic mass is 10.0. The molecule has 3 atom stereocenters. The van der Waals surface area contributed by atoms with Gasteiger partial charge in [0.05, 0.1) is 32.3 Å². The predicted molar refractivity (Wildman–Crippen MR) is 126 cm³/mol. The third-order valence-corrected chi connectivity index (χ3v) is 6.36. The van der Waals surface area contributed by atoms with Crippen LogP contribution in [-0.2, 0) is 20.7 Å². The average molecular weight is 463 g/mol. The number of aliphatic hydroxyl groups is 1. The molecule has 0 radical (unpaired) electrons. The molecule has 0 bridgehead atoms. The minimum Gasteiger partial charge on any atom is -0.488 e. The Balaban J connectivity index is 1.74. The summed E-state index contributed by atoms with van der Waals surface area (Å²) in [4.78, 5) is 29.6. The number of morpholine rings is 1. The van der Waals surface area contributed by atoms with E-state index in [9.17, 15) is 14.7 Å². The molecule has 2 amide bonds. The number of fused-ring (bicyclic) bond motifs is 1. The Hall–Kier alpha value is -2.20. The van der Waals surface area contributed by atoms with Gasteiger partial charge in [-0.1, -0.05) is 6.92 Å². The van der Waals surface area contributed by atoms with Crippen molar-refractivity contribution in [1.82, 2.24) is 15.1 Å². The highest BCUT2D eigenvalue weighted by Gasteiger charge is 2.30. The second-order valence-corrected chi connectivity index (χ2v) is 9.02. The summed E-state index contributed by atoms with van der Waals surface area (Å²) in [6.45, 7) is 8.76. The first-order valence-corrected chi connectivity index (χ1v) is 11.9. The van der Waals surface area contributed by atoms with Crippen molar-refractivity contribution in [3.63, 3.8) is 0 Å². The van der Waals surface area contributed by atoms with Crippen LogP contribution in [0.3, 0.4) is 0 Å². The Kier molecular flexibility index (Phi) is 9.49. The molecule has 0 aliphatic carbocycles. The number of likely N-dealkylation sites (N-methyl/N-ethyl adjacent to an activating group) is 1. The van der Waals surface area contributed by atoms with Gasteiger partial charge in [-0.3, -0.25) is 14.5 Å². The monoisotopic (exact) mass is 462 g/mol. The van der Waals surface area contributed by atoms with Crippen LogP contribution in [0.2, 0.25) is 0 Å². The van der Waals surface area contributed by atoms with Crippen molar-refractivity contribution in [2.24, 2.45) is 5.92 Å². The number of ether oxygens (including phenoxy) is 2. The number of rotatable bonds is 8. The number of benzene rings is 1. The van der Waals surface area contributed by atoms with Gasteiger partial charge in [0, 0.05) is 56.3 Å². The highest BCUT2D eigenvalue weighted by Crippen LogP contribution is 2.29. The molecule has 1 aromatic rings. The maximum Gasteiger partial charge on any atom is 0.227 e. The summed E-state index contributed by atoms with van der Waals surface area (Å²) in [5, 5.41) is 15.8. The summed E-state index contributed by atoms with van der Waals surface area (Å²) < 4.78 is 11.7. The number of anilines is 1. The van der Waals surface area contributed by atoms with Crippen LogP contribution in [0.25, 0.3) is 0 Å². The van der Waals surface area contributed by atoms with Crippen molar-refractivity contribution in [2.45, 2.75) is 38.8 Å². The zero-order valence-electron chi connectivity index (χ0n) is 20.0. The van der Waals surface area contributed by atoms with E-state index in [2.05, 4.69) is 22.5 Å². The number of carbonyl (C=O) groups excluding carboxylic acids is 2. The molecular formula is C24H38N4O5. The average Bonchev–Trinajstić information content (AvgIpc) is 2.86. The Labute approximate surface area is 196 Å². The first kappa shape index (κ1) is 25.4. The summed E-state index contributed by atoms with van der Waals surface area (Å²) in [5.41, 5.74) is 1.38. The van der Waals surface area contributed by atoms with E-state index in [1.54, 1.807) is 4.90 Å².